The van der Waals surface area contributed by atoms with Gasteiger partial charge in [-0.3, -0.25) is 10.6 Å². The van der Waals surface area contributed by atoms with Crippen LogP contribution in [0.15, 0.2) is 18.2 Å². The fraction of sp³-hybridized carbons (Fsp3) is 0.562. The smallest absolute Gasteiger partial charge is 0.253 e. The zero-order chi connectivity index (χ0) is 15.6. The molecule has 1 aromatic rings. The van der Waals surface area contributed by atoms with Gasteiger partial charge in [0.05, 0.1) is 11.3 Å². The first-order valence-corrected chi connectivity index (χ1v) is 6.94. The SMILES string of the molecule is Cc1ccc(NN)c(C(=O)NC(C)(C)CC(C)(C)C)c1. The summed E-state index contributed by atoms with van der Waals surface area (Å²) in [4.78, 5) is 12.5. The predicted molar refractivity (Wildman–Crippen MR) is 84.6 cm³/mol. The molecule has 20 heavy (non-hydrogen) atoms. The molecule has 0 heterocycles. The van der Waals surface area contributed by atoms with Gasteiger partial charge in [0.1, 0.15) is 0 Å². The van der Waals surface area contributed by atoms with Crippen LogP contribution in [0.1, 0.15) is 57.0 Å². The molecule has 4 heteroatoms. The lowest BCUT2D eigenvalue weighted by Gasteiger charge is -2.33. The Morgan fingerprint density at radius 3 is 2.30 bits per heavy atom. The maximum absolute atomic E-state index is 12.5. The molecule has 0 aliphatic heterocycles. The Kier molecular flexibility index (Phi) is 4.81. The number of anilines is 1. The lowest BCUT2D eigenvalue weighted by atomic mass is 9.81. The van der Waals surface area contributed by atoms with Gasteiger partial charge in [-0.25, -0.2) is 0 Å². The molecule has 1 amide bonds. The molecule has 0 saturated carbocycles. The van der Waals surface area contributed by atoms with E-state index < -0.39 is 0 Å². The van der Waals surface area contributed by atoms with E-state index in [1.165, 1.54) is 0 Å². The maximum Gasteiger partial charge on any atom is 0.253 e. The Hall–Kier alpha value is -1.55. The molecule has 0 spiro atoms. The van der Waals surface area contributed by atoms with Gasteiger partial charge in [-0.15, -0.1) is 0 Å². The fourth-order valence-corrected chi connectivity index (χ4v) is 2.72. The minimum atomic E-state index is -0.273. The molecule has 0 radical (unpaired) electrons. The van der Waals surface area contributed by atoms with Crippen molar-refractivity contribution in [3.05, 3.63) is 29.3 Å². The van der Waals surface area contributed by atoms with Crippen LogP contribution in [0.3, 0.4) is 0 Å². The summed E-state index contributed by atoms with van der Waals surface area (Å²) in [5, 5.41) is 3.10. The average Bonchev–Trinajstić information content (AvgIpc) is 2.24. The van der Waals surface area contributed by atoms with Crippen molar-refractivity contribution in [1.29, 1.82) is 0 Å². The highest BCUT2D eigenvalue weighted by Crippen LogP contribution is 2.27. The number of nitrogens with two attached hydrogens (primary N) is 1. The Morgan fingerprint density at radius 2 is 1.80 bits per heavy atom. The summed E-state index contributed by atoms with van der Waals surface area (Å²) < 4.78 is 0. The number of nitrogens with one attached hydrogen (secondary N) is 2. The number of carbonyl (C=O) groups is 1. The van der Waals surface area contributed by atoms with Crippen molar-refractivity contribution < 1.29 is 4.79 Å². The van der Waals surface area contributed by atoms with Crippen LogP contribution < -0.4 is 16.6 Å². The van der Waals surface area contributed by atoms with Crippen LogP contribution in [0.2, 0.25) is 0 Å². The number of carbonyl (C=O) groups excluding carboxylic acids is 1. The normalized spacial score (nSPS) is 12.2. The summed E-state index contributed by atoms with van der Waals surface area (Å²) in [5.41, 5.74) is 4.70. The molecule has 0 aliphatic carbocycles. The van der Waals surface area contributed by atoms with Gasteiger partial charge in [-0.1, -0.05) is 32.4 Å². The van der Waals surface area contributed by atoms with Crippen LogP contribution in [-0.4, -0.2) is 11.4 Å². The molecular formula is C16H27N3O. The van der Waals surface area contributed by atoms with E-state index in [4.69, 9.17) is 5.84 Å². The van der Waals surface area contributed by atoms with Gasteiger partial charge in [-0.2, -0.15) is 0 Å². The highest BCUT2D eigenvalue weighted by Gasteiger charge is 2.28. The Balaban J connectivity index is 2.94. The quantitative estimate of drug-likeness (QED) is 0.584. The highest BCUT2D eigenvalue weighted by molar-refractivity contribution is 6.00. The standard InChI is InChI=1S/C16H27N3O/c1-11-7-8-13(19-17)12(9-11)14(20)18-16(5,6)10-15(2,3)4/h7-9,19H,10,17H2,1-6H3,(H,18,20). The van der Waals surface area contributed by atoms with Gasteiger partial charge >= 0.3 is 0 Å². The zero-order valence-corrected chi connectivity index (χ0v) is 13.4. The molecule has 0 fully saturated rings. The monoisotopic (exact) mass is 277 g/mol. The number of rotatable bonds is 4. The van der Waals surface area contributed by atoms with Gasteiger partial charge in [0.25, 0.3) is 5.91 Å². The zero-order valence-electron chi connectivity index (χ0n) is 13.4. The van der Waals surface area contributed by atoms with Crippen molar-refractivity contribution >= 4 is 11.6 Å². The molecule has 1 rings (SSSR count). The average molecular weight is 277 g/mol. The molecule has 4 N–H and O–H groups in total. The summed E-state index contributed by atoms with van der Waals surface area (Å²) in [6.07, 6.45) is 0.892. The van der Waals surface area contributed by atoms with Gasteiger partial charge in [-0.05, 0) is 44.7 Å². The summed E-state index contributed by atoms with van der Waals surface area (Å²) >= 11 is 0. The molecule has 0 unspecified atom stereocenters. The number of hydrogen-bond donors (Lipinski definition) is 3. The first-order valence-electron chi connectivity index (χ1n) is 6.94. The topological polar surface area (TPSA) is 67.1 Å². The van der Waals surface area contributed by atoms with Crippen LogP contribution in [0.4, 0.5) is 5.69 Å². The van der Waals surface area contributed by atoms with Crippen LogP contribution in [0.5, 0.6) is 0 Å². The predicted octanol–water partition coefficient (Wildman–Crippen LogP) is 3.23. The minimum absolute atomic E-state index is 0.101. The van der Waals surface area contributed by atoms with Crippen molar-refractivity contribution in [3.8, 4) is 0 Å². The summed E-state index contributed by atoms with van der Waals surface area (Å²) in [5.74, 6) is 5.37. The molecule has 1 aromatic carbocycles. The summed E-state index contributed by atoms with van der Waals surface area (Å²) in [6, 6.07) is 5.59. The minimum Gasteiger partial charge on any atom is -0.347 e. The van der Waals surface area contributed by atoms with Gasteiger partial charge in [0.2, 0.25) is 0 Å². The number of hydrogen-bond acceptors (Lipinski definition) is 3. The molecule has 0 aliphatic rings. The fourth-order valence-electron chi connectivity index (χ4n) is 2.72. The lowest BCUT2D eigenvalue weighted by molar-refractivity contribution is 0.0892. The van der Waals surface area contributed by atoms with E-state index in [1.807, 2.05) is 39.0 Å². The molecule has 4 nitrogen and oxygen atoms in total. The van der Waals surface area contributed by atoms with E-state index in [9.17, 15) is 4.79 Å². The van der Waals surface area contributed by atoms with E-state index in [1.54, 1.807) is 0 Å². The van der Waals surface area contributed by atoms with Crippen LogP contribution in [0.25, 0.3) is 0 Å². The molecule has 0 bridgehead atoms. The van der Waals surface area contributed by atoms with Crippen LogP contribution in [-0.2, 0) is 0 Å². The third-order valence-corrected chi connectivity index (χ3v) is 3.00. The van der Waals surface area contributed by atoms with Crippen LogP contribution in [0, 0.1) is 12.3 Å². The van der Waals surface area contributed by atoms with Crippen molar-refractivity contribution in [3.63, 3.8) is 0 Å². The van der Waals surface area contributed by atoms with E-state index >= 15 is 0 Å². The number of hydrazine groups is 1. The molecular weight excluding hydrogens is 250 g/mol. The Labute approximate surface area is 122 Å². The van der Waals surface area contributed by atoms with Crippen molar-refractivity contribution in [2.75, 3.05) is 5.43 Å². The number of benzene rings is 1. The number of aryl methyl sites for hydroxylation is 1. The van der Waals surface area contributed by atoms with Crippen molar-refractivity contribution in [2.45, 2.75) is 53.5 Å². The van der Waals surface area contributed by atoms with Gasteiger partial charge in [0, 0.05) is 5.54 Å². The molecule has 0 saturated heterocycles. The first-order chi connectivity index (χ1) is 9.04. The first kappa shape index (κ1) is 16.5. The maximum atomic E-state index is 12.5. The van der Waals surface area contributed by atoms with Crippen molar-refractivity contribution in [2.24, 2.45) is 11.3 Å². The van der Waals surface area contributed by atoms with E-state index in [0.717, 1.165) is 12.0 Å². The second-order valence-corrected chi connectivity index (χ2v) is 7.27. The highest BCUT2D eigenvalue weighted by atomic mass is 16.1. The van der Waals surface area contributed by atoms with E-state index in [0.29, 0.717) is 11.3 Å². The second-order valence-electron chi connectivity index (χ2n) is 7.27. The largest absolute Gasteiger partial charge is 0.347 e. The summed E-state index contributed by atoms with van der Waals surface area (Å²) in [7, 11) is 0. The third kappa shape index (κ3) is 4.85. The third-order valence-electron chi connectivity index (χ3n) is 3.00. The molecule has 0 aromatic heterocycles. The van der Waals surface area contributed by atoms with Gasteiger partial charge < -0.3 is 10.7 Å². The van der Waals surface area contributed by atoms with Gasteiger partial charge in [0.15, 0.2) is 0 Å². The Bertz CT molecular complexity index is 487. The molecule has 112 valence electrons. The molecule has 0 atom stereocenters. The number of amides is 1. The second kappa shape index (κ2) is 5.83. The van der Waals surface area contributed by atoms with E-state index in [2.05, 4.69) is 31.5 Å². The van der Waals surface area contributed by atoms with Crippen LogP contribution >= 0.6 is 0 Å². The van der Waals surface area contributed by atoms with E-state index in [-0.39, 0.29) is 16.9 Å². The summed E-state index contributed by atoms with van der Waals surface area (Å²) in [6.45, 7) is 12.5. The van der Waals surface area contributed by atoms with Crippen molar-refractivity contribution in [1.82, 2.24) is 5.32 Å². The lowest BCUT2D eigenvalue weighted by Crippen LogP contribution is -2.46. The number of nitrogen functional groups attached to an aromatic ring is 1. The Morgan fingerprint density at radius 1 is 1.20 bits per heavy atom.